The molecule has 0 spiro atoms. The monoisotopic (exact) mass is 371 g/mol. The molecule has 3 N–H and O–H groups in total. The van der Waals surface area contributed by atoms with E-state index in [1.54, 1.807) is 17.4 Å². The number of carbonyl (C=O) groups is 2. The van der Waals surface area contributed by atoms with Crippen molar-refractivity contribution in [3.8, 4) is 11.3 Å². The predicted octanol–water partition coefficient (Wildman–Crippen LogP) is 2.81. The average Bonchev–Trinajstić information content (AvgIpc) is 3.28. The molecule has 0 saturated heterocycles. The van der Waals surface area contributed by atoms with Gasteiger partial charge in [-0.05, 0) is 61.3 Å². The summed E-state index contributed by atoms with van der Waals surface area (Å²) in [7, 11) is 0. The van der Waals surface area contributed by atoms with Gasteiger partial charge in [0.05, 0.1) is 0 Å². The molecule has 4 saturated carbocycles. The Morgan fingerprint density at radius 3 is 2.69 bits per heavy atom. The van der Waals surface area contributed by atoms with Crippen molar-refractivity contribution < 1.29 is 14.1 Å². The number of hydrogen-bond acceptors (Lipinski definition) is 5. The number of nitrogens with one attached hydrogen (secondary N) is 1. The van der Waals surface area contributed by atoms with Crippen molar-refractivity contribution in [1.82, 2.24) is 10.5 Å². The standard InChI is InChI=1S/C19H21N3O3S/c20-18(24)19-6-10-3-12(7-19)16(13(4-10)8-19)21-17(23)14-5-15(25-22-14)11-1-2-26-9-11/h1-2,5,9-10,12-13,16H,3-4,6-8H2,(H2,20,24)(H,21,23). The third kappa shape index (κ3) is 2.40. The molecule has 4 aliphatic rings. The zero-order valence-corrected chi connectivity index (χ0v) is 15.1. The Kier molecular flexibility index (Phi) is 3.50. The Morgan fingerprint density at radius 2 is 2.04 bits per heavy atom. The van der Waals surface area contributed by atoms with Gasteiger partial charge in [-0.1, -0.05) is 5.16 Å². The topological polar surface area (TPSA) is 98.2 Å². The zero-order valence-electron chi connectivity index (χ0n) is 14.3. The van der Waals surface area contributed by atoms with Crippen LogP contribution in [-0.4, -0.2) is 23.0 Å². The van der Waals surface area contributed by atoms with Crippen LogP contribution in [0.4, 0.5) is 0 Å². The van der Waals surface area contributed by atoms with Gasteiger partial charge in [0, 0.05) is 28.5 Å². The largest absolute Gasteiger partial charge is 0.369 e. The van der Waals surface area contributed by atoms with E-state index >= 15 is 0 Å². The molecule has 0 aliphatic heterocycles. The van der Waals surface area contributed by atoms with Crippen LogP contribution < -0.4 is 11.1 Å². The van der Waals surface area contributed by atoms with Crippen molar-refractivity contribution in [2.45, 2.75) is 38.1 Å². The summed E-state index contributed by atoms with van der Waals surface area (Å²) in [4.78, 5) is 24.7. The molecule has 2 unspecified atom stereocenters. The van der Waals surface area contributed by atoms with Gasteiger partial charge in [0.2, 0.25) is 5.91 Å². The minimum atomic E-state index is -0.336. The first kappa shape index (κ1) is 16.1. The summed E-state index contributed by atoms with van der Waals surface area (Å²) in [5.74, 6) is 1.50. The van der Waals surface area contributed by atoms with Gasteiger partial charge >= 0.3 is 0 Å². The summed E-state index contributed by atoms with van der Waals surface area (Å²) >= 11 is 1.57. The normalized spacial score (nSPS) is 34.8. The maximum Gasteiger partial charge on any atom is 0.273 e. The number of nitrogens with zero attached hydrogens (tertiary/aromatic N) is 1. The van der Waals surface area contributed by atoms with Crippen LogP contribution in [0.25, 0.3) is 11.3 Å². The number of thiophene rings is 1. The molecule has 0 aromatic carbocycles. The molecule has 4 bridgehead atoms. The van der Waals surface area contributed by atoms with E-state index < -0.39 is 0 Å². The van der Waals surface area contributed by atoms with Gasteiger partial charge in [-0.15, -0.1) is 0 Å². The van der Waals surface area contributed by atoms with Gasteiger partial charge < -0.3 is 15.6 Å². The summed E-state index contributed by atoms with van der Waals surface area (Å²) < 4.78 is 5.32. The lowest BCUT2D eigenvalue weighted by Gasteiger charge is -2.58. The highest BCUT2D eigenvalue weighted by Crippen LogP contribution is 2.59. The van der Waals surface area contributed by atoms with Crippen molar-refractivity contribution in [3.63, 3.8) is 0 Å². The molecule has 2 heterocycles. The SMILES string of the molecule is NC(=O)C12CC3CC(C1)C(NC(=O)c1cc(-c4ccsc4)on1)C(C3)C2. The number of nitrogens with two attached hydrogens (primary N) is 1. The number of hydrogen-bond donors (Lipinski definition) is 2. The fourth-order valence-corrected chi connectivity index (χ4v) is 6.36. The van der Waals surface area contributed by atoms with Crippen molar-refractivity contribution in [3.05, 3.63) is 28.6 Å². The fourth-order valence-electron chi connectivity index (χ4n) is 5.71. The Hall–Kier alpha value is -2.15. The zero-order chi connectivity index (χ0) is 17.9. The number of aromatic nitrogens is 1. The molecule has 4 aliphatic carbocycles. The van der Waals surface area contributed by atoms with Crippen molar-refractivity contribution in [2.75, 3.05) is 0 Å². The van der Waals surface area contributed by atoms with E-state index in [4.69, 9.17) is 10.3 Å². The van der Waals surface area contributed by atoms with Gasteiger partial charge in [-0.2, -0.15) is 11.3 Å². The summed E-state index contributed by atoms with van der Waals surface area (Å²) in [6.45, 7) is 0. The van der Waals surface area contributed by atoms with Crippen LogP contribution >= 0.6 is 11.3 Å². The van der Waals surface area contributed by atoms with Crippen molar-refractivity contribution in [2.24, 2.45) is 28.9 Å². The summed E-state index contributed by atoms with van der Waals surface area (Å²) in [5, 5.41) is 11.0. The molecule has 136 valence electrons. The molecular formula is C19H21N3O3S. The molecule has 0 radical (unpaired) electrons. The molecule has 4 fully saturated rings. The Balaban J connectivity index is 1.33. The Bertz CT molecular complexity index is 843. The smallest absolute Gasteiger partial charge is 0.273 e. The van der Waals surface area contributed by atoms with E-state index in [1.807, 2.05) is 16.8 Å². The first-order valence-corrected chi connectivity index (χ1v) is 10.1. The Labute approximate surface area is 155 Å². The van der Waals surface area contributed by atoms with Crippen LogP contribution in [0.2, 0.25) is 0 Å². The van der Waals surface area contributed by atoms with Crippen LogP contribution in [0.3, 0.4) is 0 Å². The van der Waals surface area contributed by atoms with E-state index in [2.05, 4.69) is 10.5 Å². The molecule has 2 aromatic rings. The van der Waals surface area contributed by atoms with Gasteiger partial charge in [-0.25, -0.2) is 0 Å². The number of primary amides is 1. The molecule has 26 heavy (non-hydrogen) atoms. The molecular weight excluding hydrogens is 350 g/mol. The summed E-state index contributed by atoms with van der Waals surface area (Å²) in [5.41, 5.74) is 6.64. The lowest BCUT2D eigenvalue weighted by Crippen LogP contribution is -2.62. The molecule has 7 heteroatoms. The quantitative estimate of drug-likeness (QED) is 0.863. The molecule has 2 atom stereocenters. The maximum absolute atomic E-state index is 12.7. The van der Waals surface area contributed by atoms with Gasteiger partial charge in [0.15, 0.2) is 11.5 Å². The highest BCUT2D eigenvalue weighted by molar-refractivity contribution is 7.08. The number of rotatable bonds is 4. The average molecular weight is 371 g/mol. The van der Waals surface area contributed by atoms with E-state index in [-0.39, 0.29) is 23.3 Å². The second kappa shape index (κ2) is 5.67. The molecule has 6 rings (SSSR count). The van der Waals surface area contributed by atoms with Crippen LogP contribution in [0.1, 0.15) is 42.6 Å². The molecule has 2 aromatic heterocycles. The highest BCUT2D eigenvalue weighted by atomic mass is 32.1. The van der Waals surface area contributed by atoms with Crippen LogP contribution in [0, 0.1) is 23.2 Å². The van der Waals surface area contributed by atoms with Gasteiger partial charge in [-0.3, -0.25) is 9.59 Å². The van der Waals surface area contributed by atoms with E-state index in [0.717, 1.165) is 37.7 Å². The fraction of sp³-hybridized carbons (Fsp3) is 0.526. The van der Waals surface area contributed by atoms with E-state index in [9.17, 15) is 9.59 Å². The van der Waals surface area contributed by atoms with Crippen LogP contribution in [0.15, 0.2) is 27.4 Å². The first-order valence-electron chi connectivity index (χ1n) is 9.14. The van der Waals surface area contributed by atoms with E-state index in [1.165, 1.54) is 0 Å². The number of amides is 2. The predicted molar refractivity (Wildman–Crippen MR) is 96.3 cm³/mol. The van der Waals surface area contributed by atoms with Crippen LogP contribution in [-0.2, 0) is 4.79 Å². The second-order valence-corrected chi connectivity index (χ2v) is 8.98. The number of carbonyl (C=O) groups excluding carboxylic acids is 2. The highest BCUT2D eigenvalue weighted by Gasteiger charge is 2.58. The lowest BCUT2D eigenvalue weighted by molar-refractivity contribution is -0.145. The second-order valence-electron chi connectivity index (χ2n) is 8.20. The van der Waals surface area contributed by atoms with Crippen molar-refractivity contribution >= 4 is 23.2 Å². The third-order valence-corrected chi connectivity index (χ3v) is 7.33. The van der Waals surface area contributed by atoms with Gasteiger partial charge in [0.25, 0.3) is 5.91 Å². The minimum absolute atomic E-state index is 0.104. The van der Waals surface area contributed by atoms with Gasteiger partial charge in [0.1, 0.15) is 0 Å². The lowest BCUT2D eigenvalue weighted by atomic mass is 9.47. The molecule has 2 amide bonds. The molecule has 6 nitrogen and oxygen atoms in total. The third-order valence-electron chi connectivity index (χ3n) is 6.64. The van der Waals surface area contributed by atoms with E-state index in [0.29, 0.717) is 29.2 Å². The summed E-state index contributed by atoms with van der Waals surface area (Å²) in [6.07, 6.45) is 4.70. The minimum Gasteiger partial charge on any atom is -0.369 e. The first-order chi connectivity index (χ1) is 12.5. The summed E-state index contributed by atoms with van der Waals surface area (Å²) in [6, 6.07) is 3.74. The Morgan fingerprint density at radius 1 is 1.27 bits per heavy atom. The maximum atomic E-state index is 12.7. The van der Waals surface area contributed by atoms with Crippen LogP contribution in [0.5, 0.6) is 0 Å². The van der Waals surface area contributed by atoms with Crippen molar-refractivity contribution in [1.29, 1.82) is 0 Å².